The highest BCUT2D eigenvalue weighted by Crippen LogP contribution is 2.36. The molecule has 126 valence electrons. The lowest BCUT2D eigenvalue weighted by atomic mass is 9.92. The fourth-order valence-electron chi connectivity index (χ4n) is 3.49. The number of nitrogens with zero attached hydrogens (tertiary/aromatic N) is 2. The van der Waals surface area contributed by atoms with Crippen LogP contribution in [0.4, 0.5) is 5.69 Å². The van der Waals surface area contributed by atoms with Crippen LogP contribution in [0.2, 0.25) is 0 Å². The molecule has 0 aliphatic carbocycles. The number of rotatable bonds is 5. The summed E-state index contributed by atoms with van der Waals surface area (Å²) in [7, 11) is 0. The van der Waals surface area contributed by atoms with Crippen LogP contribution in [0, 0.1) is 0 Å². The van der Waals surface area contributed by atoms with Gasteiger partial charge in [-0.15, -0.1) is 0 Å². The molecule has 0 bridgehead atoms. The van der Waals surface area contributed by atoms with E-state index in [2.05, 4.69) is 87.5 Å². The van der Waals surface area contributed by atoms with Gasteiger partial charge in [0, 0.05) is 12.2 Å². The molecule has 1 heterocycles. The first-order chi connectivity index (χ1) is 11.6. The molecular weight excluding hydrogens is 292 g/mol. The van der Waals surface area contributed by atoms with E-state index < -0.39 is 0 Å². The molecule has 2 heteroatoms. The lowest BCUT2D eigenvalue weighted by Crippen LogP contribution is -2.26. The number of aliphatic imine (C=N–C) groups is 1. The van der Waals surface area contributed by atoms with Crippen LogP contribution in [0.15, 0.2) is 53.5 Å². The Morgan fingerprint density at radius 3 is 2.12 bits per heavy atom. The smallest absolute Gasteiger partial charge is 0.0899 e. The van der Waals surface area contributed by atoms with Crippen molar-refractivity contribution in [3.63, 3.8) is 0 Å². The molecule has 0 saturated carbocycles. The van der Waals surface area contributed by atoms with E-state index in [0.29, 0.717) is 17.9 Å². The van der Waals surface area contributed by atoms with Gasteiger partial charge in [0.05, 0.1) is 12.4 Å². The zero-order valence-electron chi connectivity index (χ0n) is 15.2. The summed E-state index contributed by atoms with van der Waals surface area (Å²) in [6.07, 6.45) is 3.06. The molecule has 0 unspecified atom stereocenters. The molecule has 0 saturated heterocycles. The summed E-state index contributed by atoms with van der Waals surface area (Å²) in [6.45, 7) is 10.1. The van der Waals surface area contributed by atoms with Gasteiger partial charge in [-0.1, -0.05) is 76.2 Å². The molecular formula is C22H28N2. The summed E-state index contributed by atoms with van der Waals surface area (Å²) < 4.78 is 0. The molecule has 24 heavy (non-hydrogen) atoms. The molecule has 0 amide bonds. The molecule has 0 spiro atoms. The van der Waals surface area contributed by atoms with Crippen molar-refractivity contribution in [2.24, 2.45) is 4.99 Å². The maximum atomic E-state index is 4.79. The molecule has 2 aromatic rings. The van der Waals surface area contributed by atoms with Crippen LogP contribution in [-0.2, 0) is 6.42 Å². The van der Waals surface area contributed by atoms with E-state index in [-0.39, 0.29) is 0 Å². The lowest BCUT2D eigenvalue weighted by molar-refractivity contribution is 0.708. The molecule has 1 atom stereocenters. The number of anilines is 1. The van der Waals surface area contributed by atoms with Crippen molar-refractivity contribution < 1.29 is 0 Å². The fourth-order valence-corrected chi connectivity index (χ4v) is 3.49. The van der Waals surface area contributed by atoms with E-state index in [1.807, 2.05) is 0 Å². The molecule has 0 radical (unpaired) electrons. The van der Waals surface area contributed by atoms with Crippen molar-refractivity contribution in [2.45, 2.75) is 52.0 Å². The third kappa shape index (κ3) is 3.53. The fraction of sp³-hybridized carbons (Fsp3) is 0.409. The zero-order chi connectivity index (χ0) is 17.1. The number of benzene rings is 2. The van der Waals surface area contributed by atoms with Gasteiger partial charge in [-0.2, -0.15) is 0 Å². The van der Waals surface area contributed by atoms with Crippen molar-refractivity contribution in [1.82, 2.24) is 0 Å². The molecule has 3 rings (SSSR count). The Labute approximate surface area is 146 Å². The normalized spacial score (nSPS) is 17.2. The molecule has 1 aliphatic rings. The Morgan fingerprint density at radius 1 is 0.917 bits per heavy atom. The summed E-state index contributed by atoms with van der Waals surface area (Å²) in [5.41, 5.74) is 5.59. The Balaban J connectivity index is 1.84. The Bertz CT molecular complexity index is 675. The van der Waals surface area contributed by atoms with Gasteiger partial charge in [0.2, 0.25) is 0 Å². The lowest BCUT2D eigenvalue weighted by Gasteiger charge is -2.26. The van der Waals surface area contributed by atoms with Gasteiger partial charge in [0.15, 0.2) is 0 Å². The third-order valence-electron chi connectivity index (χ3n) is 4.77. The van der Waals surface area contributed by atoms with E-state index in [1.54, 1.807) is 0 Å². The standard InChI is InChI=1S/C22H28N2/c1-16(2)20-11-8-12-21(17(3)4)22(20)24-14-19(23-15-24)13-18-9-6-5-7-10-18/h5-12,15-17,19H,13-14H2,1-4H3/t19-/m0/s1. The summed E-state index contributed by atoms with van der Waals surface area (Å²) >= 11 is 0. The zero-order valence-corrected chi connectivity index (χ0v) is 15.2. The average Bonchev–Trinajstić information content (AvgIpc) is 3.03. The molecule has 2 nitrogen and oxygen atoms in total. The Hall–Kier alpha value is -2.09. The quantitative estimate of drug-likeness (QED) is 0.721. The second-order valence-corrected chi connectivity index (χ2v) is 7.35. The second-order valence-electron chi connectivity index (χ2n) is 7.35. The highest BCUT2D eigenvalue weighted by molar-refractivity contribution is 5.85. The van der Waals surface area contributed by atoms with Crippen LogP contribution in [-0.4, -0.2) is 18.9 Å². The minimum Gasteiger partial charge on any atom is -0.330 e. The largest absolute Gasteiger partial charge is 0.330 e. The third-order valence-corrected chi connectivity index (χ3v) is 4.77. The van der Waals surface area contributed by atoms with Crippen LogP contribution in [0.1, 0.15) is 56.2 Å². The first-order valence-corrected chi connectivity index (χ1v) is 9.03. The molecule has 2 aromatic carbocycles. The molecule has 0 aromatic heterocycles. The Kier molecular flexibility index (Phi) is 5.03. The molecule has 0 N–H and O–H groups in total. The van der Waals surface area contributed by atoms with Gasteiger partial charge in [-0.25, -0.2) is 0 Å². The van der Waals surface area contributed by atoms with E-state index in [4.69, 9.17) is 4.99 Å². The van der Waals surface area contributed by atoms with Gasteiger partial charge in [0.25, 0.3) is 0 Å². The minimum absolute atomic E-state index is 0.340. The van der Waals surface area contributed by atoms with E-state index in [0.717, 1.165) is 13.0 Å². The minimum atomic E-state index is 0.340. The van der Waals surface area contributed by atoms with Crippen molar-refractivity contribution in [2.75, 3.05) is 11.4 Å². The van der Waals surface area contributed by atoms with Gasteiger partial charge in [0.1, 0.15) is 0 Å². The van der Waals surface area contributed by atoms with Crippen LogP contribution >= 0.6 is 0 Å². The summed E-state index contributed by atoms with van der Waals surface area (Å²) in [4.78, 5) is 7.16. The van der Waals surface area contributed by atoms with Crippen molar-refractivity contribution in [3.8, 4) is 0 Å². The summed E-state index contributed by atoms with van der Waals surface area (Å²) in [5.74, 6) is 1.03. The van der Waals surface area contributed by atoms with Crippen LogP contribution in [0.25, 0.3) is 0 Å². The molecule has 0 fully saturated rings. The maximum absolute atomic E-state index is 4.79. The first kappa shape index (κ1) is 16.8. The number of para-hydroxylation sites is 1. The van der Waals surface area contributed by atoms with Crippen molar-refractivity contribution in [1.29, 1.82) is 0 Å². The van der Waals surface area contributed by atoms with E-state index in [1.165, 1.54) is 22.4 Å². The van der Waals surface area contributed by atoms with Gasteiger partial charge in [-0.05, 0) is 34.9 Å². The van der Waals surface area contributed by atoms with E-state index >= 15 is 0 Å². The van der Waals surface area contributed by atoms with E-state index in [9.17, 15) is 0 Å². The second kappa shape index (κ2) is 7.21. The first-order valence-electron chi connectivity index (χ1n) is 9.03. The van der Waals surface area contributed by atoms with Gasteiger partial charge >= 0.3 is 0 Å². The van der Waals surface area contributed by atoms with Crippen LogP contribution in [0.5, 0.6) is 0 Å². The monoisotopic (exact) mass is 320 g/mol. The number of hydrogen-bond donors (Lipinski definition) is 0. The van der Waals surface area contributed by atoms with Crippen molar-refractivity contribution >= 4 is 12.0 Å². The predicted molar refractivity (Wildman–Crippen MR) is 104 cm³/mol. The summed E-state index contributed by atoms with van der Waals surface area (Å²) in [6, 6.07) is 17.7. The topological polar surface area (TPSA) is 15.6 Å². The van der Waals surface area contributed by atoms with Gasteiger partial charge in [-0.3, -0.25) is 4.99 Å². The highest BCUT2D eigenvalue weighted by Gasteiger charge is 2.24. The Morgan fingerprint density at radius 2 is 1.54 bits per heavy atom. The summed E-state index contributed by atoms with van der Waals surface area (Å²) in [5, 5.41) is 0. The van der Waals surface area contributed by atoms with Crippen molar-refractivity contribution in [3.05, 3.63) is 65.2 Å². The average molecular weight is 320 g/mol. The highest BCUT2D eigenvalue weighted by atomic mass is 15.2. The molecule has 1 aliphatic heterocycles. The van der Waals surface area contributed by atoms with Gasteiger partial charge < -0.3 is 4.90 Å². The number of hydrogen-bond acceptors (Lipinski definition) is 2. The maximum Gasteiger partial charge on any atom is 0.0899 e. The van der Waals surface area contributed by atoms with Crippen LogP contribution < -0.4 is 4.90 Å². The SMILES string of the molecule is CC(C)c1cccc(C(C)C)c1N1C=N[C@@H](Cc2ccccc2)C1. The predicted octanol–water partition coefficient (Wildman–Crippen LogP) is 5.39. The van der Waals surface area contributed by atoms with Crippen LogP contribution in [0.3, 0.4) is 0 Å².